The lowest BCUT2D eigenvalue weighted by atomic mass is 9.46. The van der Waals surface area contributed by atoms with Crippen molar-refractivity contribution in [2.45, 2.75) is 76.9 Å². The van der Waals surface area contributed by atoms with Crippen LogP contribution in [0.4, 0.5) is 0 Å². The second-order valence-corrected chi connectivity index (χ2v) is 8.90. The minimum Gasteiger partial charge on any atom is -0.393 e. The van der Waals surface area contributed by atoms with E-state index in [4.69, 9.17) is 0 Å². The normalized spacial score (nSPS) is 52.1. The van der Waals surface area contributed by atoms with Gasteiger partial charge in [-0.15, -0.1) is 0 Å². The molecule has 7 atom stereocenters. The van der Waals surface area contributed by atoms with Crippen molar-refractivity contribution in [2.75, 3.05) is 0 Å². The van der Waals surface area contributed by atoms with Crippen molar-refractivity contribution in [3.8, 4) is 0 Å². The van der Waals surface area contributed by atoms with Gasteiger partial charge < -0.3 is 15.0 Å². The molecule has 2 N–H and O–H groups in total. The Balaban J connectivity index is 1.71. The maximum Gasteiger partial charge on any atom is 0.120 e. The van der Waals surface area contributed by atoms with Crippen LogP contribution < -0.4 is 0 Å². The van der Waals surface area contributed by atoms with Crippen LogP contribution in [0, 0.1) is 28.6 Å². The first-order chi connectivity index (χ1) is 11.0. The molecule has 3 fully saturated rings. The van der Waals surface area contributed by atoms with Gasteiger partial charge in [-0.1, -0.05) is 18.6 Å². The lowest BCUT2D eigenvalue weighted by molar-refractivity contribution is -0.115. The smallest absolute Gasteiger partial charge is 0.120 e. The molecule has 0 amide bonds. The Labute approximate surface area is 139 Å². The first-order valence-electron chi connectivity index (χ1n) is 9.50. The summed E-state index contributed by atoms with van der Waals surface area (Å²) >= 11 is 0. The third-order valence-electron chi connectivity index (χ3n) is 8.20. The molecule has 3 heteroatoms. The van der Waals surface area contributed by atoms with Gasteiger partial charge >= 0.3 is 0 Å². The van der Waals surface area contributed by atoms with Crippen molar-refractivity contribution in [1.82, 2.24) is 0 Å². The molecule has 0 bridgehead atoms. The number of carbonyl (C=O) groups excluding carboxylic acids is 1. The Hall–Kier alpha value is -0.670. The number of rotatable bonds is 2. The molecule has 4 aliphatic rings. The first kappa shape index (κ1) is 15.8. The van der Waals surface area contributed by atoms with Crippen molar-refractivity contribution in [3.63, 3.8) is 0 Å². The van der Waals surface area contributed by atoms with Crippen LogP contribution in [-0.2, 0) is 4.79 Å². The molecule has 0 radical (unpaired) electrons. The molecule has 0 heterocycles. The second kappa shape index (κ2) is 5.42. The monoisotopic (exact) mass is 318 g/mol. The van der Waals surface area contributed by atoms with Crippen LogP contribution in [0.5, 0.6) is 0 Å². The number of aldehydes is 1. The molecule has 0 aromatic rings. The number of aliphatic hydroxyl groups excluding tert-OH is 2. The summed E-state index contributed by atoms with van der Waals surface area (Å²) < 4.78 is 0. The lowest BCUT2D eigenvalue weighted by Crippen LogP contribution is -2.52. The van der Waals surface area contributed by atoms with E-state index in [1.54, 1.807) is 0 Å². The Morgan fingerprint density at radius 3 is 2.78 bits per heavy atom. The van der Waals surface area contributed by atoms with E-state index in [-0.39, 0.29) is 23.0 Å². The molecule has 3 nitrogen and oxygen atoms in total. The van der Waals surface area contributed by atoms with E-state index in [2.05, 4.69) is 13.0 Å². The predicted molar refractivity (Wildman–Crippen MR) is 88.7 cm³/mol. The number of fused-ring (bicyclic) bond motifs is 5. The van der Waals surface area contributed by atoms with E-state index in [9.17, 15) is 15.0 Å². The molecule has 3 saturated carbocycles. The van der Waals surface area contributed by atoms with Crippen molar-refractivity contribution < 1.29 is 15.0 Å². The van der Waals surface area contributed by atoms with E-state index in [0.717, 1.165) is 57.7 Å². The largest absolute Gasteiger partial charge is 0.393 e. The van der Waals surface area contributed by atoms with E-state index in [0.29, 0.717) is 24.2 Å². The van der Waals surface area contributed by atoms with Crippen LogP contribution in [0.25, 0.3) is 0 Å². The maximum atomic E-state index is 11.5. The Morgan fingerprint density at radius 2 is 2.00 bits per heavy atom. The fourth-order valence-corrected chi connectivity index (χ4v) is 6.94. The van der Waals surface area contributed by atoms with Gasteiger partial charge in [0.1, 0.15) is 6.29 Å². The molecular formula is C20H30O3. The standard InChI is InChI=1S/C20H30O3/c1-19-8-7-17-15(16(19)4-5-18(19)23)3-2-13-12-14(22)6-9-20(13,17)10-11-21/h2,11,14-18,22-23H,3-10,12H2,1H3/t14?,15-,16-,17+,18?,19-,20+/m0/s1. The average Bonchev–Trinajstić information content (AvgIpc) is 2.84. The zero-order chi connectivity index (χ0) is 16.2. The summed E-state index contributed by atoms with van der Waals surface area (Å²) in [6.07, 6.45) is 11.7. The molecule has 0 aliphatic heterocycles. The summed E-state index contributed by atoms with van der Waals surface area (Å²) in [5.74, 6) is 1.79. The fourth-order valence-electron chi connectivity index (χ4n) is 6.94. The van der Waals surface area contributed by atoms with Gasteiger partial charge in [0.15, 0.2) is 0 Å². The predicted octanol–water partition coefficient (Wildman–Crippen LogP) is 3.24. The highest BCUT2D eigenvalue weighted by Gasteiger charge is 2.59. The molecule has 4 aliphatic carbocycles. The minimum atomic E-state index is -0.222. The zero-order valence-corrected chi connectivity index (χ0v) is 14.2. The molecule has 2 unspecified atom stereocenters. The van der Waals surface area contributed by atoms with Gasteiger partial charge in [-0.05, 0) is 74.5 Å². The van der Waals surface area contributed by atoms with Gasteiger partial charge in [0.05, 0.1) is 12.2 Å². The Kier molecular flexibility index (Phi) is 3.73. The van der Waals surface area contributed by atoms with Crippen LogP contribution in [0.3, 0.4) is 0 Å². The quantitative estimate of drug-likeness (QED) is 0.607. The van der Waals surface area contributed by atoms with Gasteiger partial charge in [0.25, 0.3) is 0 Å². The van der Waals surface area contributed by atoms with Crippen LogP contribution in [0.2, 0.25) is 0 Å². The number of carbonyl (C=O) groups is 1. The summed E-state index contributed by atoms with van der Waals surface area (Å²) in [6, 6.07) is 0. The lowest BCUT2D eigenvalue weighted by Gasteiger charge is -2.58. The van der Waals surface area contributed by atoms with Crippen molar-refractivity contribution in [3.05, 3.63) is 11.6 Å². The van der Waals surface area contributed by atoms with Gasteiger partial charge in [0.2, 0.25) is 0 Å². The molecule has 0 aromatic carbocycles. The number of hydrogen-bond acceptors (Lipinski definition) is 3. The van der Waals surface area contributed by atoms with Crippen LogP contribution in [0.15, 0.2) is 11.6 Å². The average molecular weight is 318 g/mol. The van der Waals surface area contributed by atoms with E-state index < -0.39 is 0 Å². The van der Waals surface area contributed by atoms with Crippen molar-refractivity contribution in [2.24, 2.45) is 28.6 Å². The summed E-state index contributed by atoms with van der Waals surface area (Å²) in [5, 5.41) is 20.6. The number of aliphatic hydroxyl groups is 2. The molecular weight excluding hydrogens is 288 g/mol. The molecule has 0 spiro atoms. The molecule has 128 valence electrons. The van der Waals surface area contributed by atoms with Crippen LogP contribution in [-0.4, -0.2) is 28.7 Å². The van der Waals surface area contributed by atoms with Gasteiger partial charge in [0, 0.05) is 11.8 Å². The van der Waals surface area contributed by atoms with Gasteiger partial charge in [-0.25, -0.2) is 0 Å². The van der Waals surface area contributed by atoms with Gasteiger partial charge in [-0.3, -0.25) is 0 Å². The topological polar surface area (TPSA) is 57.5 Å². The Bertz CT molecular complexity index is 527. The second-order valence-electron chi connectivity index (χ2n) is 8.90. The van der Waals surface area contributed by atoms with Crippen LogP contribution >= 0.6 is 0 Å². The fraction of sp³-hybridized carbons (Fsp3) is 0.850. The SMILES string of the molecule is C[C@]12CC[C@@H]3[C@@H](CC=C4CC(O)CC[C@@]43CC=O)[C@@H]1CCC2O. The highest BCUT2D eigenvalue weighted by atomic mass is 16.3. The zero-order valence-electron chi connectivity index (χ0n) is 14.2. The van der Waals surface area contributed by atoms with E-state index in [1.165, 1.54) is 5.57 Å². The summed E-state index contributed by atoms with van der Waals surface area (Å²) in [7, 11) is 0. The molecule has 23 heavy (non-hydrogen) atoms. The summed E-state index contributed by atoms with van der Waals surface area (Å²) in [4.78, 5) is 11.5. The maximum absolute atomic E-state index is 11.5. The third-order valence-corrected chi connectivity index (χ3v) is 8.20. The third kappa shape index (κ3) is 2.12. The minimum absolute atomic E-state index is 0.0127. The van der Waals surface area contributed by atoms with Crippen molar-refractivity contribution >= 4 is 6.29 Å². The highest BCUT2D eigenvalue weighted by Crippen LogP contribution is 2.65. The first-order valence-corrected chi connectivity index (χ1v) is 9.50. The number of hydrogen-bond donors (Lipinski definition) is 2. The Morgan fingerprint density at radius 1 is 1.17 bits per heavy atom. The molecule has 0 aromatic heterocycles. The molecule has 0 saturated heterocycles. The van der Waals surface area contributed by atoms with Crippen LogP contribution in [0.1, 0.15) is 64.7 Å². The number of allylic oxidation sites excluding steroid dienone is 1. The van der Waals surface area contributed by atoms with Crippen molar-refractivity contribution in [1.29, 1.82) is 0 Å². The van der Waals surface area contributed by atoms with Gasteiger partial charge in [-0.2, -0.15) is 0 Å². The highest BCUT2D eigenvalue weighted by molar-refractivity contribution is 5.53. The summed E-state index contributed by atoms with van der Waals surface area (Å²) in [5.41, 5.74) is 1.47. The van der Waals surface area contributed by atoms with E-state index in [1.807, 2.05) is 0 Å². The van der Waals surface area contributed by atoms with E-state index >= 15 is 0 Å². The molecule has 4 rings (SSSR count). The summed E-state index contributed by atoms with van der Waals surface area (Å²) in [6.45, 7) is 2.29.